The van der Waals surface area contributed by atoms with E-state index in [0.717, 1.165) is 0 Å². The number of hydrogen-bond donors (Lipinski definition) is 1. The van der Waals surface area contributed by atoms with Gasteiger partial charge in [-0.3, -0.25) is 4.79 Å². The van der Waals surface area contributed by atoms with E-state index in [-0.39, 0.29) is 17.9 Å². The van der Waals surface area contributed by atoms with Crippen LogP contribution in [0.4, 0.5) is 4.79 Å². The van der Waals surface area contributed by atoms with Crippen LogP contribution in [0.2, 0.25) is 0 Å². The van der Waals surface area contributed by atoms with Crippen molar-refractivity contribution in [2.45, 2.75) is 46.7 Å². The zero-order chi connectivity index (χ0) is 13.6. The van der Waals surface area contributed by atoms with Crippen LogP contribution in [0.15, 0.2) is 0 Å². The van der Waals surface area contributed by atoms with Gasteiger partial charge < -0.3 is 15.0 Å². The summed E-state index contributed by atoms with van der Waals surface area (Å²) in [5.74, 6) is -0.0442. The van der Waals surface area contributed by atoms with Crippen LogP contribution in [0.1, 0.15) is 34.6 Å². The third-order valence-corrected chi connectivity index (χ3v) is 2.64. The largest absolute Gasteiger partial charge is 0.453 e. The highest BCUT2D eigenvalue weighted by Crippen LogP contribution is 2.09. The van der Waals surface area contributed by atoms with Crippen LogP contribution in [0.25, 0.3) is 0 Å². The number of methoxy groups -OCH3 is 1. The molecule has 0 fully saturated rings. The number of ether oxygens (including phenoxy) is 1. The number of nitrogens with zero attached hydrogens (tertiary/aromatic N) is 1. The van der Waals surface area contributed by atoms with Crippen LogP contribution in [0, 0.1) is 5.92 Å². The molecule has 0 bridgehead atoms. The monoisotopic (exact) mass is 244 g/mol. The Kier molecular flexibility index (Phi) is 6.61. The molecule has 0 aliphatic rings. The number of hydrogen-bond acceptors (Lipinski definition) is 3. The Bertz CT molecular complexity index is 264. The Morgan fingerprint density at radius 3 is 2.06 bits per heavy atom. The van der Waals surface area contributed by atoms with Crippen molar-refractivity contribution in [2.75, 3.05) is 13.7 Å². The Morgan fingerprint density at radius 2 is 1.76 bits per heavy atom. The molecule has 1 atom stereocenters. The molecule has 0 spiro atoms. The number of likely N-dealkylation sites (N-methyl/N-ethyl adjacent to an activating group) is 1. The Morgan fingerprint density at radius 1 is 1.24 bits per heavy atom. The zero-order valence-electron chi connectivity index (χ0n) is 11.6. The molecular formula is C12H24N2O3. The van der Waals surface area contributed by atoms with Gasteiger partial charge in [0.25, 0.3) is 0 Å². The summed E-state index contributed by atoms with van der Waals surface area (Å²) in [5.41, 5.74) is 0. The highest BCUT2D eigenvalue weighted by Gasteiger charge is 2.29. The highest BCUT2D eigenvalue weighted by atomic mass is 16.5. The van der Waals surface area contributed by atoms with Gasteiger partial charge in [-0.1, -0.05) is 13.8 Å². The number of rotatable bonds is 5. The summed E-state index contributed by atoms with van der Waals surface area (Å²) in [5, 5.41) is 2.58. The van der Waals surface area contributed by atoms with E-state index in [1.165, 1.54) is 7.11 Å². The van der Waals surface area contributed by atoms with Crippen LogP contribution in [0.5, 0.6) is 0 Å². The fraction of sp³-hybridized carbons (Fsp3) is 0.833. The molecule has 0 aromatic rings. The number of amides is 2. The minimum atomic E-state index is -0.572. The summed E-state index contributed by atoms with van der Waals surface area (Å²) in [7, 11) is 1.29. The minimum Gasteiger partial charge on any atom is -0.453 e. The first-order valence-corrected chi connectivity index (χ1v) is 6.00. The normalized spacial score (nSPS) is 12.5. The van der Waals surface area contributed by atoms with Gasteiger partial charge in [0.05, 0.1) is 7.11 Å². The standard InChI is InChI=1S/C12H24N2O3/c1-7-14(9(4)5)11(15)10(8(2)3)13-12(16)17-6/h8-10H,7H2,1-6H3,(H,13,16). The lowest BCUT2D eigenvalue weighted by molar-refractivity contribution is -0.135. The summed E-state index contributed by atoms with van der Waals surface area (Å²) < 4.78 is 4.53. The molecule has 17 heavy (non-hydrogen) atoms. The van der Waals surface area contributed by atoms with Crippen molar-refractivity contribution in [2.24, 2.45) is 5.92 Å². The molecule has 100 valence electrons. The van der Waals surface area contributed by atoms with Gasteiger partial charge >= 0.3 is 6.09 Å². The Labute approximate surface area is 103 Å². The minimum absolute atomic E-state index is 0.0226. The molecule has 0 aliphatic heterocycles. The molecule has 2 amide bonds. The maximum Gasteiger partial charge on any atom is 0.407 e. The van der Waals surface area contributed by atoms with E-state index >= 15 is 0 Å². The van der Waals surface area contributed by atoms with Gasteiger partial charge in [0.1, 0.15) is 6.04 Å². The summed E-state index contributed by atoms with van der Waals surface area (Å²) in [6.07, 6.45) is -0.572. The van der Waals surface area contributed by atoms with E-state index in [4.69, 9.17) is 0 Å². The fourth-order valence-corrected chi connectivity index (χ4v) is 1.65. The van der Waals surface area contributed by atoms with Crippen LogP contribution >= 0.6 is 0 Å². The third kappa shape index (κ3) is 4.63. The second kappa shape index (κ2) is 7.14. The molecule has 5 heteroatoms. The predicted molar refractivity (Wildman–Crippen MR) is 66.7 cm³/mol. The summed E-state index contributed by atoms with van der Waals surface area (Å²) in [4.78, 5) is 25.2. The fourth-order valence-electron chi connectivity index (χ4n) is 1.65. The van der Waals surface area contributed by atoms with Gasteiger partial charge in [0.2, 0.25) is 5.91 Å². The van der Waals surface area contributed by atoms with Gasteiger partial charge in [-0.25, -0.2) is 4.79 Å². The number of nitrogens with one attached hydrogen (secondary N) is 1. The molecule has 1 N–H and O–H groups in total. The molecule has 0 aromatic heterocycles. The maximum atomic E-state index is 12.3. The lowest BCUT2D eigenvalue weighted by atomic mass is 10.0. The van der Waals surface area contributed by atoms with Crippen molar-refractivity contribution < 1.29 is 14.3 Å². The van der Waals surface area contributed by atoms with Crippen molar-refractivity contribution in [1.29, 1.82) is 0 Å². The number of carbonyl (C=O) groups is 2. The van der Waals surface area contributed by atoms with E-state index in [1.54, 1.807) is 4.90 Å². The number of carbonyl (C=O) groups excluding carboxylic acids is 2. The molecule has 0 aromatic carbocycles. The van der Waals surface area contributed by atoms with Crippen molar-refractivity contribution in [3.05, 3.63) is 0 Å². The summed E-state index contributed by atoms with van der Waals surface area (Å²) in [6.45, 7) is 10.3. The van der Waals surface area contributed by atoms with E-state index < -0.39 is 12.1 Å². The van der Waals surface area contributed by atoms with Crippen LogP contribution in [0.3, 0.4) is 0 Å². The van der Waals surface area contributed by atoms with Crippen LogP contribution < -0.4 is 5.32 Å². The van der Waals surface area contributed by atoms with Crippen molar-refractivity contribution in [3.8, 4) is 0 Å². The zero-order valence-corrected chi connectivity index (χ0v) is 11.6. The molecule has 0 saturated carbocycles. The van der Waals surface area contributed by atoms with Gasteiger partial charge in [-0.15, -0.1) is 0 Å². The quantitative estimate of drug-likeness (QED) is 0.799. The van der Waals surface area contributed by atoms with E-state index in [0.29, 0.717) is 6.54 Å². The first-order valence-electron chi connectivity index (χ1n) is 6.00. The van der Waals surface area contributed by atoms with Crippen molar-refractivity contribution in [3.63, 3.8) is 0 Å². The van der Waals surface area contributed by atoms with Crippen LogP contribution in [-0.2, 0) is 9.53 Å². The topological polar surface area (TPSA) is 58.6 Å². The summed E-state index contributed by atoms with van der Waals surface area (Å²) >= 11 is 0. The molecule has 0 heterocycles. The third-order valence-electron chi connectivity index (χ3n) is 2.64. The molecule has 0 saturated heterocycles. The van der Waals surface area contributed by atoms with Gasteiger partial charge in [0.15, 0.2) is 0 Å². The van der Waals surface area contributed by atoms with E-state index in [2.05, 4.69) is 10.1 Å². The first kappa shape index (κ1) is 15.7. The lowest BCUT2D eigenvalue weighted by Crippen LogP contribution is -2.52. The molecule has 5 nitrogen and oxygen atoms in total. The SMILES string of the molecule is CCN(C(=O)C(NC(=O)OC)C(C)C)C(C)C. The molecular weight excluding hydrogens is 220 g/mol. The molecule has 0 aliphatic carbocycles. The number of alkyl carbamates (subject to hydrolysis) is 1. The highest BCUT2D eigenvalue weighted by molar-refractivity contribution is 5.86. The van der Waals surface area contributed by atoms with Crippen molar-refractivity contribution in [1.82, 2.24) is 10.2 Å². The second-order valence-corrected chi connectivity index (χ2v) is 4.58. The van der Waals surface area contributed by atoms with E-state index in [9.17, 15) is 9.59 Å². The first-order chi connectivity index (χ1) is 7.84. The van der Waals surface area contributed by atoms with Crippen LogP contribution in [-0.4, -0.2) is 42.6 Å². The van der Waals surface area contributed by atoms with Crippen molar-refractivity contribution >= 4 is 12.0 Å². The second-order valence-electron chi connectivity index (χ2n) is 4.58. The maximum absolute atomic E-state index is 12.3. The van der Waals surface area contributed by atoms with Gasteiger partial charge in [0, 0.05) is 12.6 Å². The van der Waals surface area contributed by atoms with E-state index in [1.807, 2.05) is 34.6 Å². The molecule has 0 rings (SSSR count). The Balaban J connectivity index is 4.81. The lowest BCUT2D eigenvalue weighted by Gasteiger charge is -2.31. The summed E-state index contributed by atoms with van der Waals surface area (Å²) in [6, 6.07) is -0.419. The molecule has 0 radical (unpaired) electrons. The Hall–Kier alpha value is -1.26. The predicted octanol–water partition coefficient (Wildman–Crippen LogP) is 1.62. The molecule has 1 unspecified atom stereocenters. The van der Waals surface area contributed by atoms with Gasteiger partial charge in [-0.2, -0.15) is 0 Å². The average Bonchev–Trinajstić information content (AvgIpc) is 2.25. The van der Waals surface area contributed by atoms with Gasteiger partial charge in [-0.05, 0) is 26.7 Å². The smallest absolute Gasteiger partial charge is 0.407 e. The average molecular weight is 244 g/mol.